The van der Waals surface area contributed by atoms with Crippen LogP contribution in [0.3, 0.4) is 0 Å². The van der Waals surface area contributed by atoms with Crippen LogP contribution >= 0.6 is 0 Å². The molecule has 5 heteroatoms. The van der Waals surface area contributed by atoms with Crippen molar-refractivity contribution >= 4 is 12.0 Å². The van der Waals surface area contributed by atoms with E-state index in [0.717, 1.165) is 6.08 Å². The van der Waals surface area contributed by atoms with E-state index in [1.165, 1.54) is 0 Å². The molecule has 0 radical (unpaired) electrons. The molecule has 8 heavy (non-hydrogen) atoms. The van der Waals surface area contributed by atoms with Crippen LogP contribution in [0.25, 0.3) is 0 Å². The molecular formula is C3H2FNO3. The average Bonchev–Trinajstić information content (AvgIpc) is 1.67. The summed E-state index contributed by atoms with van der Waals surface area (Å²) in [5.74, 6) is -1.78. The minimum atomic E-state index is -2.47. The maximum atomic E-state index is 11.5. The van der Waals surface area contributed by atoms with Crippen molar-refractivity contribution in [2.75, 3.05) is 0 Å². The van der Waals surface area contributed by atoms with Gasteiger partial charge in [-0.1, -0.05) is 0 Å². The lowest BCUT2D eigenvalue weighted by molar-refractivity contribution is -0.142. The summed E-state index contributed by atoms with van der Waals surface area (Å²) in [7, 11) is 0. The van der Waals surface area contributed by atoms with Crippen molar-refractivity contribution in [2.45, 2.75) is 6.30 Å². The molecule has 0 aromatic heterocycles. The Kier molecular flexibility index (Phi) is 2.43. The van der Waals surface area contributed by atoms with Gasteiger partial charge in [0.05, 0.1) is 0 Å². The average molecular weight is 119 g/mol. The van der Waals surface area contributed by atoms with Crippen molar-refractivity contribution in [3.8, 4) is 0 Å². The van der Waals surface area contributed by atoms with Crippen LogP contribution in [0.1, 0.15) is 0 Å². The summed E-state index contributed by atoms with van der Waals surface area (Å²) >= 11 is 0. The fourth-order valence-corrected chi connectivity index (χ4v) is 0.101. The lowest BCUT2D eigenvalue weighted by Crippen LogP contribution is -2.10. The first-order chi connectivity index (χ1) is 3.68. The molecule has 0 aliphatic heterocycles. The van der Waals surface area contributed by atoms with Gasteiger partial charge in [-0.3, -0.25) is 0 Å². The number of aliphatic carboxylic acids is 1. The molecule has 0 saturated carbocycles. The van der Waals surface area contributed by atoms with E-state index in [2.05, 4.69) is 4.99 Å². The van der Waals surface area contributed by atoms with Crippen LogP contribution in [-0.4, -0.2) is 23.5 Å². The highest BCUT2D eigenvalue weighted by Gasteiger charge is 2.11. The van der Waals surface area contributed by atoms with Crippen LogP contribution in [0, 0.1) is 0 Å². The summed E-state index contributed by atoms with van der Waals surface area (Å²) in [6.45, 7) is 0. The predicted molar refractivity (Wildman–Crippen MR) is 20.7 cm³/mol. The van der Waals surface area contributed by atoms with Gasteiger partial charge >= 0.3 is 5.97 Å². The van der Waals surface area contributed by atoms with Gasteiger partial charge in [0, 0.05) is 0 Å². The minimum Gasteiger partial charge on any atom is -0.478 e. The zero-order chi connectivity index (χ0) is 6.57. The van der Waals surface area contributed by atoms with E-state index in [9.17, 15) is 9.18 Å². The number of alkyl halides is 1. The summed E-state index contributed by atoms with van der Waals surface area (Å²) in [6, 6.07) is 0. The number of isocyanates is 1. The number of nitrogens with zero attached hydrogens (tertiary/aromatic N) is 1. The summed E-state index contributed by atoms with van der Waals surface area (Å²) in [5, 5.41) is 7.67. The number of rotatable bonds is 2. The molecule has 0 aliphatic carbocycles. The van der Waals surface area contributed by atoms with Gasteiger partial charge in [-0.05, 0) is 0 Å². The molecule has 1 unspecified atom stereocenters. The molecule has 0 aliphatic rings. The number of hydrogen-bond donors (Lipinski definition) is 1. The Morgan fingerprint density at radius 1 is 1.88 bits per heavy atom. The quantitative estimate of drug-likeness (QED) is 0.308. The number of carbonyl (C=O) groups is 1. The standard InChI is InChI=1S/C3H2FNO3/c4-2(3(7)8)5-1-6/h2H,(H,7,8). The van der Waals surface area contributed by atoms with Gasteiger partial charge in [-0.2, -0.15) is 4.99 Å². The fraction of sp³-hybridized carbons (Fsp3) is 0.333. The highest BCUT2D eigenvalue weighted by Crippen LogP contribution is 1.88. The molecule has 4 nitrogen and oxygen atoms in total. The topological polar surface area (TPSA) is 66.7 Å². The fourth-order valence-electron chi connectivity index (χ4n) is 0.101. The van der Waals surface area contributed by atoms with E-state index < -0.39 is 12.3 Å². The largest absolute Gasteiger partial charge is 0.478 e. The first-order valence-electron chi connectivity index (χ1n) is 1.62. The van der Waals surface area contributed by atoms with Crippen molar-refractivity contribution in [2.24, 2.45) is 4.99 Å². The minimum absolute atomic E-state index is 0.768. The molecular weight excluding hydrogens is 117 g/mol. The number of hydrogen-bond acceptors (Lipinski definition) is 3. The monoisotopic (exact) mass is 119 g/mol. The highest BCUT2D eigenvalue weighted by molar-refractivity contribution is 5.72. The Morgan fingerprint density at radius 3 is 2.50 bits per heavy atom. The Hall–Kier alpha value is -1.22. The molecule has 0 rings (SSSR count). The maximum Gasteiger partial charge on any atom is 0.362 e. The van der Waals surface area contributed by atoms with E-state index >= 15 is 0 Å². The third-order valence-corrected chi connectivity index (χ3v) is 0.370. The number of carboxylic acid groups (broad SMARTS) is 1. The van der Waals surface area contributed by atoms with Crippen molar-refractivity contribution in [1.29, 1.82) is 0 Å². The molecule has 0 aromatic carbocycles. The number of carboxylic acids is 1. The summed E-state index contributed by atoms with van der Waals surface area (Å²) in [4.78, 5) is 20.8. The van der Waals surface area contributed by atoms with Crippen molar-refractivity contribution < 1.29 is 19.1 Å². The normalized spacial score (nSPS) is 11.6. The van der Waals surface area contributed by atoms with Crippen LogP contribution < -0.4 is 0 Å². The first-order valence-corrected chi connectivity index (χ1v) is 1.62. The lowest BCUT2D eigenvalue weighted by Gasteiger charge is -1.86. The highest BCUT2D eigenvalue weighted by atomic mass is 19.1. The van der Waals surface area contributed by atoms with Crippen LogP contribution in [0.4, 0.5) is 4.39 Å². The summed E-state index contributed by atoms with van der Waals surface area (Å²) < 4.78 is 11.5. The molecule has 0 spiro atoms. The molecule has 0 fully saturated rings. The van der Waals surface area contributed by atoms with E-state index in [0.29, 0.717) is 0 Å². The number of aliphatic imine (C=N–C) groups is 1. The molecule has 0 amide bonds. The van der Waals surface area contributed by atoms with Gasteiger partial charge in [0.2, 0.25) is 6.08 Å². The Labute approximate surface area is 43.6 Å². The zero-order valence-electron chi connectivity index (χ0n) is 3.67. The van der Waals surface area contributed by atoms with Crippen LogP contribution in [0.15, 0.2) is 4.99 Å². The van der Waals surface area contributed by atoms with E-state index in [1.807, 2.05) is 0 Å². The van der Waals surface area contributed by atoms with Gasteiger partial charge in [0.1, 0.15) is 0 Å². The summed E-state index contributed by atoms with van der Waals surface area (Å²) in [6.07, 6.45) is -1.70. The van der Waals surface area contributed by atoms with Crippen LogP contribution in [0.5, 0.6) is 0 Å². The SMILES string of the molecule is O=C=NC(F)C(=O)O. The van der Waals surface area contributed by atoms with E-state index in [-0.39, 0.29) is 0 Å². The second-order valence-electron chi connectivity index (χ2n) is 0.894. The number of carbonyl (C=O) groups excluding carboxylic acids is 1. The molecule has 0 aromatic rings. The molecule has 1 atom stereocenters. The number of halogens is 1. The van der Waals surface area contributed by atoms with Crippen LogP contribution in [0.2, 0.25) is 0 Å². The smallest absolute Gasteiger partial charge is 0.362 e. The lowest BCUT2D eigenvalue weighted by atomic mass is 10.6. The van der Waals surface area contributed by atoms with Crippen LogP contribution in [-0.2, 0) is 9.59 Å². The van der Waals surface area contributed by atoms with Crippen molar-refractivity contribution in [1.82, 2.24) is 0 Å². The van der Waals surface area contributed by atoms with Gasteiger partial charge in [0.25, 0.3) is 6.30 Å². The van der Waals surface area contributed by atoms with Gasteiger partial charge in [-0.25, -0.2) is 14.0 Å². The van der Waals surface area contributed by atoms with Gasteiger partial charge in [-0.15, -0.1) is 0 Å². The zero-order valence-corrected chi connectivity index (χ0v) is 3.67. The Balaban J connectivity index is 3.82. The third kappa shape index (κ3) is 2.04. The molecule has 0 heterocycles. The predicted octanol–water partition coefficient (Wildman–Crippen LogP) is -0.298. The third-order valence-electron chi connectivity index (χ3n) is 0.370. The Bertz CT molecular complexity index is 137. The second kappa shape index (κ2) is 2.87. The second-order valence-corrected chi connectivity index (χ2v) is 0.894. The van der Waals surface area contributed by atoms with Gasteiger partial charge in [0.15, 0.2) is 0 Å². The van der Waals surface area contributed by atoms with Crippen molar-refractivity contribution in [3.05, 3.63) is 0 Å². The van der Waals surface area contributed by atoms with E-state index in [1.54, 1.807) is 0 Å². The molecule has 1 N–H and O–H groups in total. The summed E-state index contributed by atoms with van der Waals surface area (Å²) in [5.41, 5.74) is 0. The Morgan fingerprint density at radius 2 is 2.38 bits per heavy atom. The van der Waals surface area contributed by atoms with Crippen molar-refractivity contribution in [3.63, 3.8) is 0 Å². The molecule has 0 bridgehead atoms. The molecule has 0 saturated heterocycles. The first kappa shape index (κ1) is 6.78. The van der Waals surface area contributed by atoms with E-state index in [4.69, 9.17) is 9.90 Å². The van der Waals surface area contributed by atoms with Gasteiger partial charge < -0.3 is 5.11 Å². The molecule has 44 valence electrons. The maximum absolute atomic E-state index is 11.5.